The number of nitrogens with one attached hydrogen (secondary N) is 1. The van der Waals surface area contributed by atoms with Crippen molar-refractivity contribution in [3.8, 4) is 11.5 Å². The number of carbonyl (C=O) groups excluding carboxylic acids is 2. The zero-order valence-electron chi connectivity index (χ0n) is 14.8. The van der Waals surface area contributed by atoms with Crippen molar-refractivity contribution < 1.29 is 19.1 Å². The highest BCUT2D eigenvalue weighted by Gasteiger charge is 2.24. The molecule has 28 heavy (non-hydrogen) atoms. The molecule has 0 radical (unpaired) electrons. The van der Waals surface area contributed by atoms with Crippen LogP contribution in [0.5, 0.6) is 11.5 Å². The van der Waals surface area contributed by atoms with E-state index in [0.717, 1.165) is 11.3 Å². The van der Waals surface area contributed by atoms with E-state index in [2.05, 4.69) is 42.2 Å². The first-order valence-corrected chi connectivity index (χ1v) is 10.4. The quantitative estimate of drug-likeness (QED) is 0.344. The largest absolute Gasteiger partial charge is 0.497 e. The Labute approximate surface area is 182 Å². The van der Waals surface area contributed by atoms with Crippen LogP contribution in [0.2, 0.25) is 0 Å². The molecule has 0 saturated carbocycles. The third-order valence-corrected chi connectivity index (χ3v) is 5.61. The van der Waals surface area contributed by atoms with Crippen LogP contribution in [-0.2, 0) is 9.59 Å². The summed E-state index contributed by atoms with van der Waals surface area (Å²) < 4.78 is 11.5. The Kier molecular flexibility index (Phi) is 6.58. The molecule has 1 N–H and O–H groups in total. The summed E-state index contributed by atoms with van der Waals surface area (Å²) >= 11 is 8.01. The smallest absolute Gasteiger partial charge is 0.308 e. The molecular formula is C19H14Br2N2O4S. The van der Waals surface area contributed by atoms with E-state index in [1.54, 1.807) is 37.5 Å². The van der Waals surface area contributed by atoms with E-state index in [1.165, 1.54) is 18.7 Å². The van der Waals surface area contributed by atoms with Crippen molar-refractivity contribution in [2.24, 2.45) is 4.99 Å². The molecule has 1 saturated heterocycles. The van der Waals surface area contributed by atoms with Gasteiger partial charge in [-0.2, -0.15) is 0 Å². The fourth-order valence-electron chi connectivity index (χ4n) is 2.31. The summed E-state index contributed by atoms with van der Waals surface area (Å²) in [6.07, 6.45) is 1.74. The zero-order valence-corrected chi connectivity index (χ0v) is 18.8. The normalized spacial score (nSPS) is 16.4. The van der Waals surface area contributed by atoms with Gasteiger partial charge in [-0.3, -0.25) is 9.59 Å². The standard InChI is InChI=1S/C19H14Br2N2O4S/c1-10(24)27-17-14(20)7-11(8-15(17)21)9-16-18(25)23-19(28-16)22-12-3-5-13(26-2)6-4-12/h3-9H,1-2H3,(H,22,23,25)/b16-9-. The molecule has 2 aromatic carbocycles. The van der Waals surface area contributed by atoms with Crippen molar-refractivity contribution in [3.63, 3.8) is 0 Å². The molecule has 1 amide bonds. The van der Waals surface area contributed by atoms with Crippen LogP contribution in [0.1, 0.15) is 12.5 Å². The Balaban J connectivity index is 1.82. The maximum Gasteiger partial charge on any atom is 0.308 e. The second-order valence-electron chi connectivity index (χ2n) is 5.59. The average molecular weight is 526 g/mol. The number of aliphatic imine (C=N–C) groups is 1. The molecule has 2 aromatic rings. The average Bonchev–Trinajstić information content (AvgIpc) is 2.97. The third-order valence-electron chi connectivity index (χ3n) is 3.52. The first-order valence-electron chi connectivity index (χ1n) is 7.97. The number of halogens is 2. The van der Waals surface area contributed by atoms with Gasteiger partial charge in [-0.25, -0.2) is 4.99 Å². The van der Waals surface area contributed by atoms with E-state index in [1.807, 2.05) is 12.1 Å². The lowest BCUT2D eigenvalue weighted by atomic mass is 10.2. The van der Waals surface area contributed by atoms with Crippen molar-refractivity contribution in [2.75, 3.05) is 7.11 Å². The van der Waals surface area contributed by atoms with Gasteiger partial charge in [-0.15, -0.1) is 0 Å². The van der Waals surface area contributed by atoms with E-state index < -0.39 is 5.97 Å². The number of rotatable bonds is 4. The monoisotopic (exact) mass is 524 g/mol. The molecule has 0 atom stereocenters. The maximum absolute atomic E-state index is 12.3. The summed E-state index contributed by atoms with van der Waals surface area (Å²) in [5.41, 5.74) is 1.47. The Hall–Kier alpha value is -2.10. The minimum absolute atomic E-state index is 0.228. The lowest BCUT2D eigenvalue weighted by molar-refractivity contribution is -0.132. The highest BCUT2D eigenvalue weighted by Crippen LogP contribution is 2.37. The number of carbonyl (C=O) groups is 2. The second kappa shape index (κ2) is 8.93. The SMILES string of the molecule is COc1ccc(N=C2NC(=O)/C(=C/c3cc(Br)c(OC(C)=O)c(Br)c3)S2)cc1. The molecular weight excluding hydrogens is 512 g/mol. The van der Waals surface area contributed by atoms with Crippen LogP contribution in [0.25, 0.3) is 6.08 Å². The Bertz CT molecular complexity index is 980. The van der Waals surface area contributed by atoms with Crippen molar-refractivity contribution in [1.82, 2.24) is 5.32 Å². The summed E-state index contributed by atoms with van der Waals surface area (Å²) in [6.45, 7) is 1.33. The molecule has 0 bridgehead atoms. The van der Waals surface area contributed by atoms with Gasteiger partial charge in [0.2, 0.25) is 0 Å². The predicted molar refractivity (Wildman–Crippen MR) is 117 cm³/mol. The number of ether oxygens (including phenoxy) is 2. The van der Waals surface area contributed by atoms with Gasteiger partial charge in [0.25, 0.3) is 5.91 Å². The van der Waals surface area contributed by atoms with E-state index >= 15 is 0 Å². The fourth-order valence-corrected chi connectivity index (χ4v) is 4.54. The Morgan fingerprint density at radius 2 is 1.82 bits per heavy atom. The number of nitrogens with zero attached hydrogens (tertiary/aromatic N) is 1. The van der Waals surface area contributed by atoms with Gasteiger partial charge in [-0.1, -0.05) is 0 Å². The van der Waals surface area contributed by atoms with Crippen molar-refractivity contribution >= 4 is 72.4 Å². The Morgan fingerprint density at radius 3 is 2.39 bits per heavy atom. The number of amidine groups is 1. The molecule has 3 rings (SSSR count). The van der Waals surface area contributed by atoms with Crippen molar-refractivity contribution in [3.05, 3.63) is 55.8 Å². The summed E-state index contributed by atoms with van der Waals surface area (Å²) in [7, 11) is 1.60. The molecule has 1 heterocycles. The summed E-state index contributed by atoms with van der Waals surface area (Å²) in [5, 5.41) is 3.25. The molecule has 0 spiro atoms. The highest BCUT2D eigenvalue weighted by molar-refractivity contribution is 9.11. The lowest BCUT2D eigenvalue weighted by Gasteiger charge is -2.08. The second-order valence-corrected chi connectivity index (χ2v) is 8.33. The summed E-state index contributed by atoms with van der Waals surface area (Å²) in [6, 6.07) is 10.8. The maximum atomic E-state index is 12.3. The van der Waals surface area contributed by atoms with Gasteiger partial charge in [0, 0.05) is 6.92 Å². The van der Waals surface area contributed by atoms with Gasteiger partial charge in [0.1, 0.15) is 5.75 Å². The van der Waals surface area contributed by atoms with Gasteiger partial charge in [0.15, 0.2) is 10.9 Å². The number of benzene rings is 2. The van der Waals surface area contributed by atoms with Crippen molar-refractivity contribution in [1.29, 1.82) is 0 Å². The molecule has 0 unspecified atom stereocenters. The van der Waals surface area contributed by atoms with Gasteiger partial charge in [-0.05, 0) is 91.7 Å². The van der Waals surface area contributed by atoms with E-state index in [-0.39, 0.29) is 5.91 Å². The predicted octanol–water partition coefficient (Wildman–Crippen LogP) is 5.04. The van der Waals surface area contributed by atoms with Crippen molar-refractivity contribution in [2.45, 2.75) is 6.92 Å². The molecule has 6 nitrogen and oxygen atoms in total. The van der Waals surface area contributed by atoms with E-state index in [0.29, 0.717) is 30.5 Å². The fraction of sp³-hybridized carbons (Fsp3) is 0.105. The van der Waals surface area contributed by atoms with Crippen LogP contribution in [0, 0.1) is 0 Å². The number of methoxy groups -OCH3 is 1. The van der Waals surface area contributed by atoms with Crippen LogP contribution in [-0.4, -0.2) is 24.2 Å². The van der Waals surface area contributed by atoms with Crippen LogP contribution < -0.4 is 14.8 Å². The zero-order chi connectivity index (χ0) is 20.3. The highest BCUT2D eigenvalue weighted by atomic mass is 79.9. The van der Waals surface area contributed by atoms with Gasteiger partial charge >= 0.3 is 5.97 Å². The Morgan fingerprint density at radius 1 is 1.18 bits per heavy atom. The lowest BCUT2D eigenvalue weighted by Crippen LogP contribution is -2.19. The van der Waals surface area contributed by atoms with E-state index in [9.17, 15) is 9.59 Å². The van der Waals surface area contributed by atoms with Crippen LogP contribution >= 0.6 is 43.6 Å². The molecule has 0 aliphatic carbocycles. The summed E-state index contributed by atoms with van der Waals surface area (Å²) in [4.78, 5) is 28.4. The molecule has 1 fully saturated rings. The first kappa shape index (κ1) is 20.6. The van der Waals surface area contributed by atoms with Crippen LogP contribution in [0.3, 0.4) is 0 Å². The van der Waals surface area contributed by atoms with Gasteiger partial charge in [0.05, 0.1) is 26.6 Å². The van der Waals surface area contributed by atoms with Gasteiger partial charge < -0.3 is 14.8 Å². The van der Waals surface area contributed by atoms with Crippen LogP contribution in [0.4, 0.5) is 5.69 Å². The number of hydrogen-bond acceptors (Lipinski definition) is 6. The molecule has 1 aliphatic heterocycles. The first-order chi connectivity index (χ1) is 13.4. The molecule has 0 aromatic heterocycles. The molecule has 1 aliphatic rings. The number of esters is 1. The molecule has 144 valence electrons. The van der Waals surface area contributed by atoms with Crippen LogP contribution in [0.15, 0.2) is 55.2 Å². The minimum Gasteiger partial charge on any atom is -0.497 e. The number of hydrogen-bond donors (Lipinski definition) is 1. The minimum atomic E-state index is -0.419. The summed E-state index contributed by atoms with van der Waals surface area (Å²) in [5.74, 6) is 0.479. The molecule has 9 heteroatoms. The van der Waals surface area contributed by atoms with E-state index in [4.69, 9.17) is 9.47 Å². The topological polar surface area (TPSA) is 77.0 Å². The number of amides is 1. The number of thioether (sulfide) groups is 1. The third kappa shape index (κ3) is 5.03.